The Balaban J connectivity index is 2.54. The van der Waals surface area contributed by atoms with Crippen LogP contribution in [0.1, 0.15) is 10.4 Å². The van der Waals surface area contributed by atoms with Crippen molar-refractivity contribution in [2.45, 2.75) is 0 Å². The lowest BCUT2D eigenvalue weighted by Crippen LogP contribution is -2.05. The van der Waals surface area contributed by atoms with Gasteiger partial charge in [0.25, 0.3) is 0 Å². The number of anilines is 2. The van der Waals surface area contributed by atoms with E-state index < -0.39 is 16.6 Å². The highest BCUT2D eigenvalue weighted by Crippen LogP contribution is 2.36. The van der Waals surface area contributed by atoms with E-state index in [2.05, 4.69) is 21.2 Å². The van der Waals surface area contributed by atoms with Crippen LogP contribution in [0.3, 0.4) is 0 Å². The Morgan fingerprint density at radius 3 is 2.48 bits per heavy atom. The number of halogens is 2. The van der Waals surface area contributed by atoms with Gasteiger partial charge in [0.1, 0.15) is 11.3 Å². The molecule has 0 atom stereocenters. The van der Waals surface area contributed by atoms with Crippen molar-refractivity contribution in [1.82, 2.24) is 0 Å². The minimum absolute atomic E-state index is 0.0721. The van der Waals surface area contributed by atoms with Gasteiger partial charge in [-0.25, -0.2) is 4.79 Å². The quantitative estimate of drug-likeness (QED) is 0.612. The molecule has 2 N–H and O–H groups in total. The molecular formula is C13H8BrClN2O4. The number of aromatic carboxylic acids is 1. The molecule has 2 aromatic rings. The predicted molar refractivity (Wildman–Crippen MR) is 82.5 cm³/mol. The van der Waals surface area contributed by atoms with Gasteiger partial charge in [-0.3, -0.25) is 10.1 Å². The van der Waals surface area contributed by atoms with Crippen molar-refractivity contribution < 1.29 is 14.8 Å². The summed E-state index contributed by atoms with van der Waals surface area (Å²) in [4.78, 5) is 21.5. The van der Waals surface area contributed by atoms with Gasteiger partial charge in [0.05, 0.1) is 20.1 Å². The zero-order valence-corrected chi connectivity index (χ0v) is 12.7. The largest absolute Gasteiger partial charge is 0.477 e. The van der Waals surface area contributed by atoms with Crippen LogP contribution in [0.25, 0.3) is 0 Å². The number of carbonyl (C=O) groups is 1. The Hall–Kier alpha value is -2.12. The number of carboxylic acids is 1. The molecule has 0 fully saturated rings. The second-order valence-corrected chi connectivity index (χ2v) is 5.19. The second-order valence-electron chi connectivity index (χ2n) is 3.99. The van der Waals surface area contributed by atoms with Crippen molar-refractivity contribution in [3.05, 3.63) is 61.6 Å². The van der Waals surface area contributed by atoms with E-state index in [1.165, 1.54) is 18.2 Å². The third-order valence-electron chi connectivity index (χ3n) is 2.67. The van der Waals surface area contributed by atoms with E-state index >= 15 is 0 Å². The van der Waals surface area contributed by atoms with Crippen LogP contribution in [0, 0.1) is 10.1 Å². The van der Waals surface area contributed by atoms with E-state index in [9.17, 15) is 14.9 Å². The average molecular weight is 372 g/mol. The van der Waals surface area contributed by atoms with Crippen molar-refractivity contribution in [2.24, 2.45) is 0 Å². The topological polar surface area (TPSA) is 92.5 Å². The molecule has 0 aliphatic heterocycles. The molecule has 2 aromatic carbocycles. The number of nitro groups is 1. The number of nitrogens with zero attached hydrogens (tertiary/aromatic N) is 1. The third-order valence-corrected chi connectivity index (χ3v) is 4.07. The zero-order chi connectivity index (χ0) is 15.6. The third kappa shape index (κ3) is 3.14. The van der Waals surface area contributed by atoms with Crippen molar-refractivity contribution in [3.8, 4) is 0 Å². The maximum absolute atomic E-state index is 11.2. The standard InChI is InChI=1S/C13H8BrClN2O4/c14-11-8(15)4-2-5-9(11)16-10-6-1-3-7(13(18)19)12(10)17(20)21/h1-6,16H,(H,18,19). The summed E-state index contributed by atoms with van der Waals surface area (Å²) in [7, 11) is 0. The normalized spacial score (nSPS) is 10.2. The molecule has 0 radical (unpaired) electrons. The monoisotopic (exact) mass is 370 g/mol. The number of nitro benzene ring substituents is 1. The highest BCUT2D eigenvalue weighted by Gasteiger charge is 2.24. The summed E-state index contributed by atoms with van der Waals surface area (Å²) in [6.45, 7) is 0. The van der Waals surface area contributed by atoms with Crippen LogP contribution in [-0.2, 0) is 0 Å². The molecule has 0 bridgehead atoms. The average Bonchev–Trinajstić information content (AvgIpc) is 2.43. The first kappa shape index (κ1) is 15.3. The molecule has 2 rings (SSSR count). The summed E-state index contributed by atoms with van der Waals surface area (Å²) in [5.41, 5.74) is -0.323. The first-order valence-corrected chi connectivity index (χ1v) is 6.80. The fraction of sp³-hybridized carbons (Fsp3) is 0. The summed E-state index contributed by atoms with van der Waals surface area (Å²) >= 11 is 9.22. The van der Waals surface area contributed by atoms with Crippen LogP contribution in [-0.4, -0.2) is 16.0 Å². The summed E-state index contributed by atoms with van der Waals surface area (Å²) < 4.78 is 0.529. The number of para-hydroxylation sites is 1. The molecule has 8 heteroatoms. The molecule has 21 heavy (non-hydrogen) atoms. The first-order chi connectivity index (χ1) is 9.91. The van der Waals surface area contributed by atoms with Gasteiger partial charge in [0, 0.05) is 0 Å². The van der Waals surface area contributed by atoms with Crippen LogP contribution in [0.5, 0.6) is 0 Å². The van der Waals surface area contributed by atoms with E-state index in [1.54, 1.807) is 18.2 Å². The van der Waals surface area contributed by atoms with Gasteiger partial charge < -0.3 is 10.4 Å². The lowest BCUT2D eigenvalue weighted by molar-refractivity contribution is -0.384. The van der Waals surface area contributed by atoms with Gasteiger partial charge >= 0.3 is 11.7 Å². The van der Waals surface area contributed by atoms with E-state index in [-0.39, 0.29) is 11.3 Å². The highest BCUT2D eigenvalue weighted by molar-refractivity contribution is 9.10. The Labute approximate surface area is 132 Å². The van der Waals surface area contributed by atoms with Gasteiger partial charge in [0.15, 0.2) is 0 Å². The van der Waals surface area contributed by atoms with Crippen LogP contribution >= 0.6 is 27.5 Å². The van der Waals surface area contributed by atoms with Gasteiger partial charge in [-0.1, -0.05) is 23.7 Å². The van der Waals surface area contributed by atoms with Gasteiger partial charge in [-0.05, 0) is 40.2 Å². The van der Waals surface area contributed by atoms with Crippen molar-refractivity contribution in [2.75, 3.05) is 5.32 Å². The van der Waals surface area contributed by atoms with Gasteiger partial charge in [-0.15, -0.1) is 0 Å². The van der Waals surface area contributed by atoms with Crippen molar-refractivity contribution in [1.29, 1.82) is 0 Å². The van der Waals surface area contributed by atoms with E-state index in [1.807, 2.05) is 0 Å². The number of benzene rings is 2. The lowest BCUT2D eigenvalue weighted by Gasteiger charge is -2.11. The summed E-state index contributed by atoms with van der Waals surface area (Å²) in [6.07, 6.45) is 0. The summed E-state index contributed by atoms with van der Waals surface area (Å²) in [6, 6.07) is 9.02. The van der Waals surface area contributed by atoms with Crippen LogP contribution in [0.4, 0.5) is 17.1 Å². The van der Waals surface area contributed by atoms with Gasteiger partial charge in [-0.2, -0.15) is 0 Å². The number of hydrogen-bond donors (Lipinski definition) is 2. The molecule has 0 aliphatic rings. The molecule has 0 unspecified atom stereocenters. The maximum Gasteiger partial charge on any atom is 0.342 e. The number of hydrogen-bond acceptors (Lipinski definition) is 4. The minimum atomic E-state index is -1.37. The molecule has 0 aliphatic carbocycles. The minimum Gasteiger partial charge on any atom is -0.477 e. The Kier molecular flexibility index (Phi) is 4.44. The summed E-state index contributed by atoms with van der Waals surface area (Å²) in [5, 5.41) is 23.4. The fourth-order valence-corrected chi connectivity index (χ4v) is 2.30. The molecule has 0 saturated heterocycles. The van der Waals surface area contributed by atoms with E-state index in [4.69, 9.17) is 16.7 Å². The number of rotatable bonds is 4. The number of nitrogens with one attached hydrogen (secondary N) is 1. The molecule has 6 nitrogen and oxygen atoms in total. The Morgan fingerprint density at radius 1 is 1.24 bits per heavy atom. The van der Waals surface area contributed by atoms with Crippen molar-refractivity contribution in [3.63, 3.8) is 0 Å². The van der Waals surface area contributed by atoms with Crippen LogP contribution in [0.15, 0.2) is 40.9 Å². The molecule has 0 saturated carbocycles. The summed E-state index contributed by atoms with van der Waals surface area (Å²) in [5.74, 6) is -1.37. The molecule has 0 aromatic heterocycles. The zero-order valence-electron chi connectivity index (χ0n) is 10.3. The number of carboxylic acid groups (broad SMARTS) is 1. The maximum atomic E-state index is 11.2. The Morgan fingerprint density at radius 2 is 1.86 bits per heavy atom. The molecule has 0 amide bonds. The van der Waals surface area contributed by atoms with Crippen molar-refractivity contribution >= 4 is 50.6 Å². The molecular weight excluding hydrogens is 364 g/mol. The molecule has 0 spiro atoms. The smallest absolute Gasteiger partial charge is 0.342 e. The predicted octanol–water partition coefficient (Wildman–Crippen LogP) is 4.45. The highest BCUT2D eigenvalue weighted by atomic mass is 79.9. The second kappa shape index (κ2) is 6.11. The molecule has 0 heterocycles. The fourth-order valence-electron chi connectivity index (χ4n) is 1.76. The first-order valence-electron chi connectivity index (χ1n) is 5.63. The molecule has 108 valence electrons. The van der Waals surface area contributed by atoms with Gasteiger partial charge in [0.2, 0.25) is 0 Å². The van der Waals surface area contributed by atoms with E-state index in [0.29, 0.717) is 15.2 Å². The SMILES string of the molecule is O=C(O)c1cccc(Nc2cccc(Cl)c2Br)c1[N+](=O)[O-]. The van der Waals surface area contributed by atoms with Crippen LogP contribution < -0.4 is 5.32 Å². The lowest BCUT2D eigenvalue weighted by atomic mass is 10.1. The van der Waals surface area contributed by atoms with Crippen LogP contribution in [0.2, 0.25) is 5.02 Å². The Bertz CT molecular complexity index is 736. The van der Waals surface area contributed by atoms with E-state index in [0.717, 1.165) is 0 Å².